The highest BCUT2D eigenvalue weighted by Crippen LogP contribution is 2.28. The molecule has 0 aliphatic rings. The summed E-state index contributed by atoms with van der Waals surface area (Å²) in [6.45, 7) is 6.84. The molecular weight excluding hydrogens is 303 g/mol. The van der Waals surface area contributed by atoms with Gasteiger partial charge in [-0.1, -0.05) is 42.3 Å². The number of rotatable bonds is 5. The lowest BCUT2D eigenvalue weighted by Gasteiger charge is -2.19. The maximum absolute atomic E-state index is 6.12. The predicted octanol–water partition coefficient (Wildman–Crippen LogP) is 6.28. The van der Waals surface area contributed by atoms with Gasteiger partial charge in [0.05, 0.1) is 12.7 Å². The first-order valence-corrected chi connectivity index (χ1v) is 7.89. The fourth-order valence-corrected chi connectivity index (χ4v) is 2.89. The van der Waals surface area contributed by atoms with E-state index in [0.717, 1.165) is 22.0 Å². The van der Waals surface area contributed by atoms with Gasteiger partial charge in [-0.3, -0.25) is 0 Å². The van der Waals surface area contributed by atoms with E-state index in [1.54, 1.807) is 0 Å². The van der Waals surface area contributed by atoms with Crippen molar-refractivity contribution in [1.82, 2.24) is 0 Å². The van der Waals surface area contributed by atoms with E-state index in [1.165, 1.54) is 16.7 Å². The number of hydrogen-bond donors (Lipinski definition) is 0. The SMILES string of the molecule is CCC(OCc1ccc(Cl)cc1C)c1ccc(Cl)cc1C. The summed E-state index contributed by atoms with van der Waals surface area (Å²) in [6, 6.07) is 11.9. The maximum atomic E-state index is 6.12. The number of hydrogen-bond acceptors (Lipinski definition) is 1. The van der Waals surface area contributed by atoms with Gasteiger partial charge in [0.15, 0.2) is 0 Å². The molecule has 0 aliphatic heterocycles. The molecule has 1 atom stereocenters. The van der Waals surface area contributed by atoms with Gasteiger partial charge in [0, 0.05) is 10.0 Å². The van der Waals surface area contributed by atoms with Crippen LogP contribution in [0, 0.1) is 13.8 Å². The topological polar surface area (TPSA) is 9.23 Å². The van der Waals surface area contributed by atoms with E-state index < -0.39 is 0 Å². The number of benzene rings is 2. The van der Waals surface area contributed by atoms with Crippen LogP contribution in [0.5, 0.6) is 0 Å². The van der Waals surface area contributed by atoms with E-state index in [-0.39, 0.29) is 6.10 Å². The van der Waals surface area contributed by atoms with E-state index in [2.05, 4.69) is 26.8 Å². The molecule has 0 saturated heterocycles. The lowest BCUT2D eigenvalue weighted by molar-refractivity contribution is 0.0365. The normalized spacial score (nSPS) is 12.4. The molecule has 1 nitrogen and oxygen atoms in total. The zero-order valence-corrected chi connectivity index (χ0v) is 14.1. The van der Waals surface area contributed by atoms with Crippen molar-refractivity contribution in [3.05, 3.63) is 68.7 Å². The van der Waals surface area contributed by atoms with Crippen LogP contribution in [0.25, 0.3) is 0 Å². The Morgan fingerprint density at radius 2 is 1.57 bits per heavy atom. The summed E-state index contributed by atoms with van der Waals surface area (Å²) < 4.78 is 6.12. The van der Waals surface area contributed by atoms with Crippen LogP contribution in [-0.4, -0.2) is 0 Å². The highest BCUT2D eigenvalue weighted by atomic mass is 35.5. The fourth-order valence-electron chi connectivity index (χ4n) is 2.44. The van der Waals surface area contributed by atoms with Crippen molar-refractivity contribution in [3.63, 3.8) is 0 Å². The van der Waals surface area contributed by atoms with Crippen LogP contribution in [-0.2, 0) is 11.3 Å². The third-order valence-corrected chi connectivity index (χ3v) is 4.16. The second-order valence-electron chi connectivity index (χ2n) is 5.28. The Hall–Kier alpha value is -1.02. The van der Waals surface area contributed by atoms with Gasteiger partial charge in [0.1, 0.15) is 0 Å². The van der Waals surface area contributed by atoms with Crippen molar-refractivity contribution in [2.75, 3.05) is 0 Å². The van der Waals surface area contributed by atoms with Gasteiger partial charge in [-0.25, -0.2) is 0 Å². The summed E-state index contributed by atoms with van der Waals surface area (Å²) in [4.78, 5) is 0. The molecule has 0 radical (unpaired) electrons. The number of ether oxygens (including phenoxy) is 1. The summed E-state index contributed by atoms with van der Waals surface area (Å²) >= 11 is 12.0. The zero-order chi connectivity index (χ0) is 15.4. The molecule has 3 heteroatoms. The van der Waals surface area contributed by atoms with Crippen molar-refractivity contribution < 1.29 is 4.74 Å². The average molecular weight is 323 g/mol. The first-order chi connectivity index (χ1) is 10.0. The summed E-state index contributed by atoms with van der Waals surface area (Å²) in [5.74, 6) is 0. The quantitative estimate of drug-likeness (QED) is 0.629. The van der Waals surface area contributed by atoms with Crippen molar-refractivity contribution >= 4 is 23.2 Å². The lowest BCUT2D eigenvalue weighted by Crippen LogP contribution is -2.06. The third kappa shape index (κ3) is 4.23. The van der Waals surface area contributed by atoms with Gasteiger partial charge >= 0.3 is 0 Å². The Labute approximate surface area is 136 Å². The molecule has 0 amide bonds. The van der Waals surface area contributed by atoms with Crippen LogP contribution in [0.3, 0.4) is 0 Å². The molecule has 2 aromatic carbocycles. The van der Waals surface area contributed by atoms with E-state index in [1.807, 2.05) is 30.3 Å². The molecule has 0 saturated carbocycles. The minimum Gasteiger partial charge on any atom is -0.369 e. The van der Waals surface area contributed by atoms with Crippen LogP contribution >= 0.6 is 23.2 Å². The number of aryl methyl sites for hydroxylation is 2. The molecule has 0 bridgehead atoms. The Kier molecular flexibility index (Phi) is 5.69. The van der Waals surface area contributed by atoms with Crippen LogP contribution in [0.15, 0.2) is 36.4 Å². The molecule has 21 heavy (non-hydrogen) atoms. The standard InChI is InChI=1S/C18H20Cl2O/c1-4-18(17-8-7-16(20)10-13(17)3)21-11-14-5-6-15(19)9-12(14)2/h5-10,18H,4,11H2,1-3H3. The molecule has 2 rings (SSSR count). The monoisotopic (exact) mass is 322 g/mol. The van der Waals surface area contributed by atoms with E-state index in [9.17, 15) is 0 Å². The van der Waals surface area contributed by atoms with Crippen molar-refractivity contribution in [1.29, 1.82) is 0 Å². The van der Waals surface area contributed by atoms with Crippen LogP contribution in [0.4, 0.5) is 0 Å². The molecule has 0 aromatic heterocycles. The largest absolute Gasteiger partial charge is 0.369 e. The Morgan fingerprint density at radius 1 is 0.952 bits per heavy atom. The second kappa shape index (κ2) is 7.31. The van der Waals surface area contributed by atoms with Gasteiger partial charge in [-0.15, -0.1) is 0 Å². The predicted molar refractivity (Wildman–Crippen MR) is 90.2 cm³/mol. The Morgan fingerprint density at radius 3 is 2.14 bits per heavy atom. The molecule has 0 spiro atoms. The molecule has 1 unspecified atom stereocenters. The van der Waals surface area contributed by atoms with Crippen LogP contribution in [0.1, 0.15) is 41.7 Å². The minimum atomic E-state index is 0.0809. The molecule has 0 aliphatic carbocycles. The van der Waals surface area contributed by atoms with Crippen LogP contribution in [0.2, 0.25) is 10.0 Å². The molecular formula is C18H20Cl2O. The highest BCUT2D eigenvalue weighted by molar-refractivity contribution is 6.30. The maximum Gasteiger partial charge on any atom is 0.0829 e. The van der Waals surface area contributed by atoms with E-state index >= 15 is 0 Å². The summed E-state index contributed by atoms with van der Waals surface area (Å²) in [5.41, 5.74) is 4.70. The van der Waals surface area contributed by atoms with Gasteiger partial charge in [0.25, 0.3) is 0 Å². The van der Waals surface area contributed by atoms with Crippen molar-refractivity contribution in [2.45, 2.75) is 39.9 Å². The summed E-state index contributed by atoms with van der Waals surface area (Å²) in [7, 11) is 0. The third-order valence-electron chi connectivity index (χ3n) is 3.69. The first kappa shape index (κ1) is 16.4. The average Bonchev–Trinajstić information content (AvgIpc) is 2.43. The van der Waals surface area contributed by atoms with Gasteiger partial charge in [-0.05, 0) is 66.8 Å². The fraction of sp³-hybridized carbons (Fsp3) is 0.333. The molecule has 0 N–H and O–H groups in total. The minimum absolute atomic E-state index is 0.0809. The van der Waals surface area contributed by atoms with Gasteiger partial charge in [0.2, 0.25) is 0 Å². The first-order valence-electron chi connectivity index (χ1n) is 7.14. The van der Waals surface area contributed by atoms with Gasteiger partial charge < -0.3 is 4.74 Å². The highest BCUT2D eigenvalue weighted by Gasteiger charge is 2.13. The molecule has 112 valence electrons. The Balaban J connectivity index is 2.12. The van der Waals surface area contributed by atoms with Crippen LogP contribution < -0.4 is 0 Å². The van der Waals surface area contributed by atoms with Gasteiger partial charge in [-0.2, -0.15) is 0 Å². The van der Waals surface area contributed by atoms with E-state index in [4.69, 9.17) is 27.9 Å². The molecule has 0 fully saturated rings. The number of halogens is 2. The lowest BCUT2D eigenvalue weighted by atomic mass is 10.0. The second-order valence-corrected chi connectivity index (χ2v) is 6.15. The molecule has 0 heterocycles. The van der Waals surface area contributed by atoms with E-state index in [0.29, 0.717) is 6.61 Å². The van der Waals surface area contributed by atoms with Crippen molar-refractivity contribution in [3.8, 4) is 0 Å². The summed E-state index contributed by atoms with van der Waals surface area (Å²) in [5, 5.41) is 1.52. The smallest absolute Gasteiger partial charge is 0.0829 e. The zero-order valence-electron chi connectivity index (χ0n) is 12.6. The molecule has 2 aromatic rings. The summed E-state index contributed by atoms with van der Waals surface area (Å²) in [6.07, 6.45) is 1.01. The van der Waals surface area contributed by atoms with Crippen molar-refractivity contribution in [2.24, 2.45) is 0 Å². The Bertz CT molecular complexity index is 623.